The largest absolute Gasteiger partial charge is 0.497 e. The Balaban J connectivity index is 1.32. The lowest BCUT2D eigenvalue weighted by molar-refractivity contribution is -0.116. The Morgan fingerprint density at radius 3 is 2.21 bits per heavy atom. The van der Waals surface area contributed by atoms with Gasteiger partial charge in [0.2, 0.25) is 5.91 Å². The molecule has 0 atom stereocenters. The third-order valence-corrected chi connectivity index (χ3v) is 5.29. The molecule has 0 unspecified atom stereocenters. The molecule has 0 radical (unpaired) electrons. The maximum absolute atomic E-state index is 12.2. The van der Waals surface area contributed by atoms with E-state index in [1.165, 1.54) is 5.56 Å². The van der Waals surface area contributed by atoms with E-state index in [4.69, 9.17) is 10.00 Å². The van der Waals surface area contributed by atoms with E-state index in [1.807, 2.05) is 12.1 Å². The smallest absolute Gasteiger partial charge is 0.225 e. The van der Waals surface area contributed by atoms with Gasteiger partial charge in [-0.3, -0.25) is 4.79 Å². The van der Waals surface area contributed by atoms with Gasteiger partial charge in [-0.15, -0.1) is 0 Å². The fourth-order valence-electron chi connectivity index (χ4n) is 3.43. The van der Waals surface area contributed by atoms with Gasteiger partial charge >= 0.3 is 0 Å². The predicted molar refractivity (Wildman–Crippen MR) is 114 cm³/mol. The molecular formula is C23H28N4O2. The molecule has 1 heterocycles. The molecule has 0 spiro atoms. The first kappa shape index (κ1) is 20.8. The lowest BCUT2D eigenvalue weighted by atomic mass is 10.1. The standard InChI is InChI=1S/C23H28N4O2/c1-29-22-8-4-19(5-9-22)10-12-26-14-16-27(17-15-26)13-11-23(28)25-21-6-2-20(18-24)3-7-21/h2-9H,10-17H2,1H3,(H,25,28). The molecule has 6 heteroatoms. The van der Waals surface area contributed by atoms with E-state index < -0.39 is 0 Å². The van der Waals surface area contributed by atoms with Crippen LogP contribution in [0.15, 0.2) is 48.5 Å². The summed E-state index contributed by atoms with van der Waals surface area (Å²) >= 11 is 0. The predicted octanol–water partition coefficient (Wildman–Crippen LogP) is 2.76. The van der Waals surface area contributed by atoms with Crippen molar-refractivity contribution in [2.24, 2.45) is 0 Å². The van der Waals surface area contributed by atoms with Crippen LogP contribution in [0, 0.1) is 11.3 Å². The highest BCUT2D eigenvalue weighted by Crippen LogP contribution is 2.13. The van der Waals surface area contributed by atoms with Crippen LogP contribution < -0.4 is 10.1 Å². The van der Waals surface area contributed by atoms with E-state index in [0.29, 0.717) is 12.0 Å². The Morgan fingerprint density at radius 2 is 1.62 bits per heavy atom. The van der Waals surface area contributed by atoms with Gasteiger partial charge in [-0.05, 0) is 48.4 Å². The summed E-state index contributed by atoms with van der Waals surface area (Å²) in [4.78, 5) is 17.0. The molecule has 1 amide bonds. The van der Waals surface area contributed by atoms with E-state index in [-0.39, 0.29) is 5.91 Å². The van der Waals surface area contributed by atoms with Crippen LogP contribution in [0.3, 0.4) is 0 Å². The number of hydrogen-bond acceptors (Lipinski definition) is 5. The maximum atomic E-state index is 12.2. The fraction of sp³-hybridized carbons (Fsp3) is 0.391. The van der Waals surface area contributed by atoms with Crippen molar-refractivity contribution in [3.05, 3.63) is 59.7 Å². The molecule has 6 nitrogen and oxygen atoms in total. The lowest BCUT2D eigenvalue weighted by Gasteiger charge is -2.34. The summed E-state index contributed by atoms with van der Waals surface area (Å²) in [5, 5.41) is 11.7. The van der Waals surface area contributed by atoms with Crippen molar-refractivity contribution in [3.8, 4) is 11.8 Å². The molecule has 3 rings (SSSR count). The quantitative estimate of drug-likeness (QED) is 0.748. The van der Waals surface area contributed by atoms with Crippen LogP contribution in [-0.2, 0) is 11.2 Å². The van der Waals surface area contributed by atoms with Crippen LogP contribution in [0.4, 0.5) is 5.69 Å². The van der Waals surface area contributed by atoms with Crippen molar-refractivity contribution in [2.75, 3.05) is 51.7 Å². The van der Waals surface area contributed by atoms with Crippen molar-refractivity contribution >= 4 is 11.6 Å². The molecule has 152 valence electrons. The molecule has 0 bridgehead atoms. The number of nitrogens with one attached hydrogen (secondary N) is 1. The molecular weight excluding hydrogens is 364 g/mol. The molecule has 1 aliphatic rings. The third-order valence-electron chi connectivity index (χ3n) is 5.29. The third kappa shape index (κ3) is 6.60. The van der Waals surface area contributed by atoms with Crippen LogP contribution in [0.25, 0.3) is 0 Å². The van der Waals surface area contributed by atoms with E-state index in [0.717, 1.165) is 57.1 Å². The topological polar surface area (TPSA) is 68.6 Å². The van der Waals surface area contributed by atoms with Crippen molar-refractivity contribution in [3.63, 3.8) is 0 Å². The van der Waals surface area contributed by atoms with Gasteiger partial charge in [-0.2, -0.15) is 5.26 Å². The van der Waals surface area contributed by atoms with E-state index in [9.17, 15) is 4.79 Å². The minimum Gasteiger partial charge on any atom is -0.497 e. The van der Waals surface area contributed by atoms with Gasteiger partial charge in [-0.25, -0.2) is 0 Å². The summed E-state index contributed by atoms with van der Waals surface area (Å²) in [5.41, 5.74) is 2.65. The number of ether oxygens (including phenoxy) is 1. The summed E-state index contributed by atoms with van der Waals surface area (Å²) in [6, 6.07) is 17.3. The number of hydrogen-bond donors (Lipinski definition) is 1. The molecule has 1 fully saturated rings. The number of anilines is 1. The highest BCUT2D eigenvalue weighted by Gasteiger charge is 2.17. The molecule has 1 N–H and O–H groups in total. The summed E-state index contributed by atoms with van der Waals surface area (Å²) in [7, 11) is 1.69. The van der Waals surface area contributed by atoms with Gasteiger partial charge in [0.05, 0.1) is 18.7 Å². The number of carbonyl (C=O) groups is 1. The number of methoxy groups -OCH3 is 1. The monoisotopic (exact) mass is 392 g/mol. The summed E-state index contributed by atoms with van der Waals surface area (Å²) in [6.07, 6.45) is 1.52. The van der Waals surface area contributed by atoms with Crippen LogP contribution in [0.2, 0.25) is 0 Å². The Bertz CT molecular complexity index is 819. The van der Waals surface area contributed by atoms with Gasteiger partial charge < -0.3 is 19.9 Å². The van der Waals surface area contributed by atoms with Crippen molar-refractivity contribution in [2.45, 2.75) is 12.8 Å². The number of amides is 1. The van der Waals surface area contributed by atoms with Crippen LogP contribution in [-0.4, -0.2) is 62.1 Å². The van der Waals surface area contributed by atoms with E-state index >= 15 is 0 Å². The molecule has 2 aromatic carbocycles. The highest BCUT2D eigenvalue weighted by atomic mass is 16.5. The zero-order chi connectivity index (χ0) is 20.5. The SMILES string of the molecule is COc1ccc(CCN2CCN(CCC(=O)Nc3ccc(C#N)cc3)CC2)cc1. The number of benzene rings is 2. The molecule has 2 aromatic rings. The van der Waals surface area contributed by atoms with Crippen LogP contribution >= 0.6 is 0 Å². The first-order valence-corrected chi connectivity index (χ1v) is 10.0. The second-order valence-electron chi connectivity index (χ2n) is 7.27. The van der Waals surface area contributed by atoms with Crippen LogP contribution in [0.1, 0.15) is 17.5 Å². The highest BCUT2D eigenvalue weighted by molar-refractivity contribution is 5.90. The maximum Gasteiger partial charge on any atom is 0.225 e. The molecule has 0 saturated carbocycles. The summed E-state index contributed by atoms with van der Waals surface area (Å²) in [6.45, 7) is 5.88. The number of nitriles is 1. The zero-order valence-electron chi connectivity index (χ0n) is 16.9. The van der Waals surface area contributed by atoms with Crippen molar-refractivity contribution < 1.29 is 9.53 Å². The zero-order valence-corrected chi connectivity index (χ0v) is 16.9. The minimum atomic E-state index is 0.0108. The summed E-state index contributed by atoms with van der Waals surface area (Å²) < 4.78 is 5.20. The molecule has 0 aliphatic carbocycles. The molecule has 1 aliphatic heterocycles. The number of piperazine rings is 1. The van der Waals surface area contributed by atoms with Gasteiger partial charge in [0.25, 0.3) is 0 Å². The van der Waals surface area contributed by atoms with E-state index in [2.05, 4.69) is 33.3 Å². The van der Waals surface area contributed by atoms with Crippen molar-refractivity contribution in [1.29, 1.82) is 5.26 Å². The molecule has 1 saturated heterocycles. The Morgan fingerprint density at radius 1 is 1.00 bits per heavy atom. The lowest BCUT2D eigenvalue weighted by Crippen LogP contribution is -2.47. The normalized spacial score (nSPS) is 14.9. The Labute approximate surface area is 172 Å². The summed E-state index contributed by atoms with van der Waals surface area (Å²) in [5.74, 6) is 0.905. The molecule has 29 heavy (non-hydrogen) atoms. The number of nitrogens with zero attached hydrogens (tertiary/aromatic N) is 3. The number of rotatable bonds is 8. The van der Waals surface area contributed by atoms with E-state index in [1.54, 1.807) is 31.4 Å². The second kappa shape index (κ2) is 10.6. The first-order chi connectivity index (χ1) is 14.2. The average molecular weight is 393 g/mol. The second-order valence-corrected chi connectivity index (χ2v) is 7.27. The first-order valence-electron chi connectivity index (χ1n) is 10.0. The Kier molecular flexibility index (Phi) is 7.62. The van der Waals surface area contributed by atoms with Crippen molar-refractivity contribution in [1.82, 2.24) is 9.80 Å². The minimum absolute atomic E-state index is 0.0108. The van der Waals surface area contributed by atoms with Gasteiger partial charge in [-0.1, -0.05) is 12.1 Å². The van der Waals surface area contributed by atoms with Gasteiger partial charge in [0, 0.05) is 51.4 Å². The molecule has 0 aromatic heterocycles. The van der Waals surface area contributed by atoms with Crippen LogP contribution in [0.5, 0.6) is 5.75 Å². The number of carbonyl (C=O) groups excluding carboxylic acids is 1. The average Bonchev–Trinajstić information content (AvgIpc) is 2.78. The van der Waals surface area contributed by atoms with Gasteiger partial charge in [0.1, 0.15) is 5.75 Å². The van der Waals surface area contributed by atoms with Gasteiger partial charge in [0.15, 0.2) is 0 Å². The fourth-order valence-corrected chi connectivity index (χ4v) is 3.43. The Hall–Kier alpha value is -2.88.